The molecule has 1 aromatic rings. The summed E-state index contributed by atoms with van der Waals surface area (Å²) in [5, 5.41) is 2.90. The van der Waals surface area contributed by atoms with Crippen LogP contribution < -0.4 is 14.8 Å². The molecule has 1 N–H and O–H groups in total. The smallest absolute Gasteiger partial charge is 0.238 e. The zero-order valence-corrected chi connectivity index (χ0v) is 13.2. The standard InChI is InChI=1S/C15H20BrNO3/c1-2-3-4-5-12(16)15(18)17-11-6-7-13-14(10-11)20-9-8-19-13/h6-7,10,12H,2-5,8-9H2,1H3,(H,17,18). The van der Waals surface area contributed by atoms with Gasteiger partial charge in [-0.05, 0) is 18.6 Å². The number of unbranched alkanes of at least 4 members (excludes halogenated alkanes) is 2. The van der Waals surface area contributed by atoms with Gasteiger partial charge in [0, 0.05) is 11.8 Å². The Balaban J connectivity index is 1.90. The van der Waals surface area contributed by atoms with E-state index in [0.717, 1.165) is 37.1 Å². The Morgan fingerprint density at radius 2 is 2.05 bits per heavy atom. The Labute approximate surface area is 128 Å². The van der Waals surface area contributed by atoms with Crippen molar-refractivity contribution >= 4 is 27.5 Å². The summed E-state index contributed by atoms with van der Waals surface area (Å²) >= 11 is 3.44. The third kappa shape index (κ3) is 4.13. The van der Waals surface area contributed by atoms with E-state index in [1.165, 1.54) is 0 Å². The van der Waals surface area contributed by atoms with Crippen LogP contribution >= 0.6 is 15.9 Å². The van der Waals surface area contributed by atoms with Crippen molar-refractivity contribution in [3.05, 3.63) is 18.2 Å². The van der Waals surface area contributed by atoms with Crippen LogP contribution in [0.3, 0.4) is 0 Å². The van der Waals surface area contributed by atoms with Crippen molar-refractivity contribution in [3.8, 4) is 11.5 Å². The number of hydrogen-bond acceptors (Lipinski definition) is 3. The zero-order valence-electron chi connectivity index (χ0n) is 11.7. The van der Waals surface area contributed by atoms with E-state index in [2.05, 4.69) is 28.2 Å². The van der Waals surface area contributed by atoms with Gasteiger partial charge >= 0.3 is 0 Å². The first-order valence-corrected chi connectivity index (χ1v) is 7.97. The van der Waals surface area contributed by atoms with Crippen molar-refractivity contribution in [2.24, 2.45) is 0 Å². The van der Waals surface area contributed by atoms with Gasteiger partial charge in [0.25, 0.3) is 0 Å². The normalized spacial score (nSPS) is 14.7. The summed E-state index contributed by atoms with van der Waals surface area (Å²) in [6, 6.07) is 5.46. The molecule has 2 rings (SSSR count). The lowest BCUT2D eigenvalue weighted by molar-refractivity contribution is -0.115. The van der Waals surface area contributed by atoms with Crippen LogP contribution in [0.25, 0.3) is 0 Å². The van der Waals surface area contributed by atoms with Crippen LogP contribution in [0.5, 0.6) is 11.5 Å². The lowest BCUT2D eigenvalue weighted by atomic mass is 10.1. The number of amides is 1. The predicted molar refractivity (Wildman–Crippen MR) is 82.9 cm³/mol. The molecule has 1 amide bonds. The molecule has 110 valence electrons. The number of halogens is 1. The second kappa shape index (κ2) is 7.53. The Morgan fingerprint density at radius 1 is 1.30 bits per heavy atom. The zero-order chi connectivity index (χ0) is 14.4. The molecule has 0 spiro atoms. The van der Waals surface area contributed by atoms with Crippen molar-refractivity contribution < 1.29 is 14.3 Å². The molecule has 1 aromatic carbocycles. The van der Waals surface area contributed by atoms with Gasteiger partial charge in [0.15, 0.2) is 11.5 Å². The number of hydrogen-bond donors (Lipinski definition) is 1. The van der Waals surface area contributed by atoms with Crippen LogP contribution in [-0.4, -0.2) is 23.9 Å². The summed E-state index contributed by atoms with van der Waals surface area (Å²) in [6.45, 7) is 3.26. The minimum Gasteiger partial charge on any atom is -0.486 e. The summed E-state index contributed by atoms with van der Waals surface area (Å²) in [4.78, 5) is 11.9. The van der Waals surface area contributed by atoms with Crippen molar-refractivity contribution in [2.45, 2.75) is 37.4 Å². The van der Waals surface area contributed by atoms with Crippen LogP contribution in [0.15, 0.2) is 18.2 Å². The van der Waals surface area contributed by atoms with E-state index in [1.54, 1.807) is 6.07 Å². The van der Waals surface area contributed by atoms with Gasteiger partial charge < -0.3 is 14.8 Å². The lowest BCUT2D eigenvalue weighted by Gasteiger charge is -2.19. The molecule has 0 saturated carbocycles. The summed E-state index contributed by atoms with van der Waals surface area (Å²) in [5.41, 5.74) is 0.735. The summed E-state index contributed by atoms with van der Waals surface area (Å²) < 4.78 is 10.9. The van der Waals surface area contributed by atoms with Crippen molar-refractivity contribution in [1.29, 1.82) is 0 Å². The highest BCUT2D eigenvalue weighted by Gasteiger charge is 2.16. The fraction of sp³-hybridized carbons (Fsp3) is 0.533. The molecule has 1 heterocycles. The van der Waals surface area contributed by atoms with Gasteiger partial charge in [-0.1, -0.05) is 42.1 Å². The Bertz CT molecular complexity index is 464. The van der Waals surface area contributed by atoms with Crippen molar-refractivity contribution in [2.75, 3.05) is 18.5 Å². The lowest BCUT2D eigenvalue weighted by Crippen LogP contribution is -2.23. The molecule has 0 aromatic heterocycles. The maximum Gasteiger partial charge on any atom is 0.238 e. The highest BCUT2D eigenvalue weighted by molar-refractivity contribution is 9.10. The number of fused-ring (bicyclic) bond motifs is 1. The van der Waals surface area contributed by atoms with E-state index in [1.807, 2.05) is 12.1 Å². The van der Waals surface area contributed by atoms with Gasteiger partial charge in [0.05, 0.1) is 4.83 Å². The topological polar surface area (TPSA) is 47.6 Å². The molecule has 1 aliphatic heterocycles. The molecule has 0 bridgehead atoms. The second-order valence-electron chi connectivity index (χ2n) is 4.81. The molecule has 0 fully saturated rings. The monoisotopic (exact) mass is 341 g/mol. The largest absolute Gasteiger partial charge is 0.486 e. The molecular weight excluding hydrogens is 322 g/mol. The molecule has 0 saturated heterocycles. The van der Waals surface area contributed by atoms with Crippen molar-refractivity contribution in [1.82, 2.24) is 0 Å². The fourth-order valence-electron chi connectivity index (χ4n) is 2.05. The van der Waals surface area contributed by atoms with Gasteiger partial charge in [-0.2, -0.15) is 0 Å². The number of alkyl halides is 1. The number of carbonyl (C=O) groups excluding carboxylic acids is 1. The molecule has 1 atom stereocenters. The van der Waals surface area contributed by atoms with Crippen LogP contribution in [0.1, 0.15) is 32.6 Å². The van der Waals surface area contributed by atoms with Gasteiger partial charge in [-0.25, -0.2) is 0 Å². The Hall–Kier alpha value is -1.23. The Morgan fingerprint density at radius 3 is 2.80 bits per heavy atom. The number of carbonyl (C=O) groups is 1. The average molecular weight is 342 g/mol. The number of rotatable bonds is 6. The molecule has 4 nitrogen and oxygen atoms in total. The first-order chi connectivity index (χ1) is 9.70. The molecule has 0 radical (unpaired) electrons. The first kappa shape index (κ1) is 15.2. The van der Waals surface area contributed by atoms with E-state index in [9.17, 15) is 4.79 Å². The predicted octanol–water partition coefficient (Wildman–Crippen LogP) is 3.74. The van der Waals surface area contributed by atoms with E-state index in [-0.39, 0.29) is 10.7 Å². The number of ether oxygens (including phenoxy) is 2. The SMILES string of the molecule is CCCCCC(Br)C(=O)Nc1ccc2c(c1)OCCO2. The minimum absolute atomic E-state index is 0.0159. The van der Waals surface area contributed by atoms with Gasteiger partial charge in [-0.15, -0.1) is 0 Å². The van der Waals surface area contributed by atoms with Crippen LogP contribution in [0.4, 0.5) is 5.69 Å². The molecule has 20 heavy (non-hydrogen) atoms. The molecule has 0 aliphatic carbocycles. The summed E-state index contributed by atoms with van der Waals surface area (Å²) in [7, 11) is 0. The van der Waals surface area contributed by atoms with E-state index in [0.29, 0.717) is 19.0 Å². The maximum atomic E-state index is 12.0. The maximum absolute atomic E-state index is 12.0. The number of benzene rings is 1. The van der Waals surface area contributed by atoms with Crippen molar-refractivity contribution in [3.63, 3.8) is 0 Å². The second-order valence-corrected chi connectivity index (χ2v) is 5.92. The highest BCUT2D eigenvalue weighted by Crippen LogP contribution is 2.32. The summed E-state index contributed by atoms with van der Waals surface area (Å²) in [6.07, 6.45) is 4.22. The van der Waals surface area contributed by atoms with Gasteiger partial charge in [-0.3, -0.25) is 4.79 Å². The van der Waals surface area contributed by atoms with Crippen LogP contribution in [0.2, 0.25) is 0 Å². The molecule has 1 aliphatic rings. The average Bonchev–Trinajstić information content (AvgIpc) is 2.47. The van der Waals surface area contributed by atoms with Crippen LogP contribution in [-0.2, 0) is 4.79 Å². The first-order valence-electron chi connectivity index (χ1n) is 7.05. The van der Waals surface area contributed by atoms with E-state index in [4.69, 9.17) is 9.47 Å². The molecule has 1 unspecified atom stereocenters. The Kier molecular flexibility index (Phi) is 5.71. The van der Waals surface area contributed by atoms with Gasteiger partial charge in [0.2, 0.25) is 5.91 Å². The summed E-state index contributed by atoms with van der Waals surface area (Å²) in [5.74, 6) is 1.40. The molecular formula is C15H20BrNO3. The number of anilines is 1. The van der Waals surface area contributed by atoms with Crippen LogP contribution in [0, 0.1) is 0 Å². The third-order valence-corrected chi connectivity index (χ3v) is 4.03. The van der Waals surface area contributed by atoms with Gasteiger partial charge in [0.1, 0.15) is 13.2 Å². The number of nitrogens with one attached hydrogen (secondary N) is 1. The highest BCUT2D eigenvalue weighted by atomic mass is 79.9. The fourth-order valence-corrected chi connectivity index (χ4v) is 2.48. The third-order valence-electron chi connectivity index (χ3n) is 3.16. The van der Waals surface area contributed by atoms with E-state index < -0.39 is 0 Å². The quantitative estimate of drug-likeness (QED) is 0.633. The molecule has 5 heteroatoms. The minimum atomic E-state index is -0.151. The van der Waals surface area contributed by atoms with E-state index >= 15 is 0 Å².